The molecule has 1 N–H and O–H groups in total. The SMILES string of the molecule is Clc1cc(Cl)cc(NCc2c(Cl)oc3ccccc23)c1. The number of rotatable bonds is 3. The van der Waals surface area contributed by atoms with Crippen LogP contribution in [0, 0.1) is 0 Å². The zero-order valence-corrected chi connectivity index (χ0v) is 12.6. The third kappa shape index (κ3) is 2.73. The summed E-state index contributed by atoms with van der Waals surface area (Å²) in [6.07, 6.45) is 0. The van der Waals surface area contributed by atoms with Gasteiger partial charge in [0.1, 0.15) is 5.58 Å². The molecule has 102 valence electrons. The van der Waals surface area contributed by atoms with E-state index in [9.17, 15) is 0 Å². The smallest absolute Gasteiger partial charge is 0.199 e. The Hall–Kier alpha value is -1.35. The largest absolute Gasteiger partial charge is 0.444 e. The molecular weight excluding hydrogens is 317 g/mol. The van der Waals surface area contributed by atoms with Gasteiger partial charge in [-0.25, -0.2) is 0 Å². The van der Waals surface area contributed by atoms with E-state index < -0.39 is 0 Å². The van der Waals surface area contributed by atoms with Crippen LogP contribution >= 0.6 is 34.8 Å². The maximum absolute atomic E-state index is 6.14. The van der Waals surface area contributed by atoms with Crippen LogP contribution in [0.25, 0.3) is 11.0 Å². The number of fused-ring (bicyclic) bond motifs is 1. The Morgan fingerprint density at radius 1 is 0.950 bits per heavy atom. The van der Waals surface area contributed by atoms with Gasteiger partial charge < -0.3 is 9.73 Å². The monoisotopic (exact) mass is 325 g/mol. The number of para-hydroxylation sites is 1. The van der Waals surface area contributed by atoms with E-state index in [0.717, 1.165) is 22.2 Å². The second-order valence-electron chi connectivity index (χ2n) is 4.36. The Labute approximate surface area is 131 Å². The molecule has 0 radical (unpaired) electrons. The van der Waals surface area contributed by atoms with Crippen LogP contribution in [0.15, 0.2) is 46.9 Å². The van der Waals surface area contributed by atoms with Gasteiger partial charge in [0, 0.05) is 33.2 Å². The molecule has 0 spiro atoms. The molecule has 0 unspecified atom stereocenters. The Bertz CT molecular complexity index is 747. The topological polar surface area (TPSA) is 25.2 Å². The summed E-state index contributed by atoms with van der Waals surface area (Å²) in [5.41, 5.74) is 2.53. The highest BCUT2D eigenvalue weighted by atomic mass is 35.5. The zero-order valence-electron chi connectivity index (χ0n) is 10.3. The molecule has 3 rings (SSSR count). The van der Waals surface area contributed by atoms with Crippen LogP contribution in [0.1, 0.15) is 5.56 Å². The summed E-state index contributed by atoms with van der Waals surface area (Å²) in [6, 6.07) is 13.0. The summed E-state index contributed by atoms with van der Waals surface area (Å²) in [5, 5.41) is 5.81. The third-order valence-corrected chi connectivity index (χ3v) is 3.72. The average molecular weight is 327 g/mol. The van der Waals surface area contributed by atoms with Gasteiger partial charge >= 0.3 is 0 Å². The van der Waals surface area contributed by atoms with Crippen molar-refractivity contribution in [1.29, 1.82) is 0 Å². The van der Waals surface area contributed by atoms with Crippen molar-refractivity contribution in [1.82, 2.24) is 0 Å². The zero-order chi connectivity index (χ0) is 14.1. The van der Waals surface area contributed by atoms with Crippen LogP contribution in [0.3, 0.4) is 0 Å². The molecule has 0 saturated carbocycles. The van der Waals surface area contributed by atoms with Gasteiger partial charge in [-0.05, 0) is 35.9 Å². The van der Waals surface area contributed by atoms with Gasteiger partial charge in [-0.15, -0.1) is 0 Å². The lowest BCUT2D eigenvalue weighted by molar-refractivity contribution is 0.613. The third-order valence-electron chi connectivity index (χ3n) is 2.98. The number of halogens is 3. The van der Waals surface area contributed by atoms with E-state index in [1.54, 1.807) is 6.07 Å². The van der Waals surface area contributed by atoms with E-state index in [-0.39, 0.29) is 0 Å². The fraction of sp³-hybridized carbons (Fsp3) is 0.0667. The van der Waals surface area contributed by atoms with Crippen molar-refractivity contribution in [3.63, 3.8) is 0 Å². The molecule has 1 aromatic heterocycles. The van der Waals surface area contributed by atoms with Crippen LogP contribution in [0.4, 0.5) is 5.69 Å². The second kappa shape index (κ2) is 5.57. The second-order valence-corrected chi connectivity index (χ2v) is 5.58. The van der Waals surface area contributed by atoms with Crippen LogP contribution < -0.4 is 5.32 Å². The van der Waals surface area contributed by atoms with Crippen LogP contribution in [-0.4, -0.2) is 0 Å². The Morgan fingerprint density at radius 2 is 1.65 bits per heavy atom. The fourth-order valence-corrected chi connectivity index (χ4v) is 2.86. The van der Waals surface area contributed by atoms with Crippen LogP contribution in [0.2, 0.25) is 15.3 Å². The van der Waals surface area contributed by atoms with Gasteiger partial charge in [-0.3, -0.25) is 0 Å². The van der Waals surface area contributed by atoms with E-state index in [2.05, 4.69) is 5.32 Å². The summed E-state index contributed by atoms with van der Waals surface area (Å²) in [6.45, 7) is 0.534. The van der Waals surface area contributed by atoms with E-state index in [1.165, 1.54) is 0 Å². The highest BCUT2D eigenvalue weighted by Gasteiger charge is 2.11. The van der Waals surface area contributed by atoms with Gasteiger partial charge in [0.25, 0.3) is 0 Å². The first-order valence-electron chi connectivity index (χ1n) is 5.99. The van der Waals surface area contributed by atoms with Crippen LogP contribution in [-0.2, 0) is 6.54 Å². The molecule has 2 aromatic carbocycles. The molecule has 0 atom stereocenters. The minimum absolute atomic E-state index is 0.395. The molecule has 2 nitrogen and oxygen atoms in total. The number of anilines is 1. The quantitative estimate of drug-likeness (QED) is 0.638. The molecule has 0 amide bonds. The Balaban J connectivity index is 1.88. The van der Waals surface area contributed by atoms with Crippen molar-refractivity contribution in [2.75, 3.05) is 5.32 Å². The predicted octanol–water partition coefficient (Wildman–Crippen LogP) is 6.01. The normalized spacial score (nSPS) is 10.9. The average Bonchev–Trinajstić information content (AvgIpc) is 2.71. The molecule has 3 aromatic rings. The molecule has 0 fully saturated rings. The van der Waals surface area contributed by atoms with Gasteiger partial charge in [0.05, 0.1) is 0 Å². The summed E-state index contributed by atoms with van der Waals surface area (Å²) >= 11 is 18.1. The first kappa shape index (κ1) is 13.6. The van der Waals surface area contributed by atoms with E-state index in [1.807, 2.05) is 36.4 Å². The van der Waals surface area contributed by atoms with Gasteiger partial charge in [0.15, 0.2) is 5.22 Å². The van der Waals surface area contributed by atoms with Crippen LogP contribution in [0.5, 0.6) is 0 Å². The van der Waals surface area contributed by atoms with Crippen molar-refractivity contribution >= 4 is 51.5 Å². The number of benzene rings is 2. The van der Waals surface area contributed by atoms with E-state index >= 15 is 0 Å². The Morgan fingerprint density at radius 3 is 2.40 bits per heavy atom. The van der Waals surface area contributed by atoms with E-state index in [4.69, 9.17) is 39.2 Å². The Kier molecular flexibility index (Phi) is 3.79. The predicted molar refractivity (Wildman–Crippen MR) is 85.0 cm³/mol. The molecule has 0 saturated heterocycles. The van der Waals surface area contributed by atoms with Gasteiger partial charge in [-0.1, -0.05) is 41.4 Å². The lowest BCUT2D eigenvalue weighted by Gasteiger charge is -2.07. The summed E-state index contributed by atoms with van der Waals surface area (Å²) < 4.78 is 5.51. The molecular formula is C15H10Cl3NO. The molecule has 5 heteroatoms. The lowest BCUT2D eigenvalue weighted by atomic mass is 10.2. The van der Waals surface area contributed by atoms with Crippen molar-refractivity contribution in [3.8, 4) is 0 Å². The minimum atomic E-state index is 0.395. The maximum Gasteiger partial charge on any atom is 0.199 e. The van der Waals surface area contributed by atoms with Crippen molar-refractivity contribution < 1.29 is 4.42 Å². The van der Waals surface area contributed by atoms with Crippen molar-refractivity contribution in [3.05, 3.63) is 63.3 Å². The fourth-order valence-electron chi connectivity index (χ4n) is 2.08. The van der Waals surface area contributed by atoms with E-state index in [0.29, 0.717) is 21.8 Å². The molecule has 20 heavy (non-hydrogen) atoms. The number of nitrogens with one attached hydrogen (secondary N) is 1. The summed E-state index contributed by atoms with van der Waals surface area (Å²) in [4.78, 5) is 0. The first-order valence-corrected chi connectivity index (χ1v) is 7.13. The first-order chi connectivity index (χ1) is 9.63. The van der Waals surface area contributed by atoms with Gasteiger partial charge in [-0.2, -0.15) is 0 Å². The summed E-state index contributed by atoms with van der Waals surface area (Å²) in [7, 11) is 0. The highest BCUT2D eigenvalue weighted by Crippen LogP contribution is 2.30. The van der Waals surface area contributed by atoms with Gasteiger partial charge in [0.2, 0.25) is 0 Å². The number of hydrogen-bond acceptors (Lipinski definition) is 2. The lowest BCUT2D eigenvalue weighted by Crippen LogP contribution is -1.99. The van der Waals surface area contributed by atoms with Crippen molar-refractivity contribution in [2.45, 2.75) is 6.54 Å². The standard InChI is InChI=1S/C15H10Cl3NO/c16-9-5-10(17)7-11(6-9)19-8-13-12-3-1-2-4-14(12)20-15(13)18/h1-7,19H,8H2. The minimum Gasteiger partial charge on any atom is -0.444 e. The maximum atomic E-state index is 6.14. The number of furan rings is 1. The molecule has 0 aliphatic carbocycles. The summed E-state index contributed by atoms with van der Waals surface area (Å²) in [5.74, 6) is 0. The molecule has 0 bridgehead atoms. The molecule has 0 aliphatic heterocycles. The highest BCUT2D eigenvalue weighted by molar-refractivity contribution is 6.35. The number of hydrogen-bond donors (Lipinski definition) is 1. The molecule has 0 aliphatic rings. The molecule has 1 heterocycles. The van der Waals surface area contributed by atoms with Crippen molar-refractivity contribution in [2.24, 2.45) is 0 Å².